The van der Waals surface area contributed by atoms with E-state index in [0.29, 0.717) is 18.8 Å². The molecule has 0 heterocycles. The molecule has 5 nitrogen and oxygen atoms in total. The first kappa shape index (κ1) is 19.1. The van der Waals surface area contributed by atoms with Crippen molar-refractivity contribution in [1.82, 2.24) is 0 Å². The average molecular weight is 350 g/mol. The van der Waals surface area contributed by atoms with E-state index in [4.69, 9.17) is 4.74 Å². The number of hydrogen-bond donors (Lipinski definition) is 0. The third-order valence-corrected chi connectivity index (χ3v) is 3.73. The molecule has 0 rings (SSSR count). The zero-order valence-corrected chi connectivity index (χ0v) is 13.8. The van der Waals surface area contributed by atoms with Gasteiger partial charge in [-0.25, -0.2) is 0 Å². The number of aliphatic carboxylic acids is 1. The van der Waals surface area contributed by atoms with Crippen LogP contribution < -0.4 is 5.11 Å². The van der Waals surface area contributed by atoms with Crippen molar-refractivity contribution in [2.24, 2.45) is 11.3 Å². The van der Waals surface area contributed by atoms with Crippen molar-refractivity contribution in [1.29, 1.82) is 0 Å². The van der Waals surface area contributed by atoms with Gasteiger partial charge in [0.2, 0.25) is 0 Å². The predicted molar refractivity (Wildman–Crippen MR) is 76.2 cm³/mol. The summed E-state index contributed by atoms with van der Waals surface area (Å²) in [6, 6.07) is 0. The summed E-state index contributed by atoms with van der Waals surface area (Å²) < 4.78 is 5.00. The fraction of sp³-hybridized carbons (Fsp3) is 0.786. The fourth-order valence-corrected chi connectivity index (χ4v) is 2.51. The Bertz CT molecular complexity index is 353. The van der Waals surface area contributed by atoms with Gasteiger partial charge in [-0.3, -0.25) is 9.59 Å². The molecule has 0 saturated heterocycles. The van der Waals surface area contributed by atoms with Crippen LogP contribution in [0.25, 0.3) is 0 Å². The fourth-order valence-electron chi connectivity index (χ4n) is 1.97. The first-order chi connectivity index (χ1) is 9.30. The number of rotatable bonds is 10. The van der Waals surface area contributed by atoms with Crippen molar-refractivity contribution >= 4 is 33.7 Å². The van der Waals surface area contributed by atoms with E-state index in [0.717, 1.165) is 0 Å². The number of esters is 1. The Morgan fingerprint density at radius 2 is 1.85 bits per heavy atom. The van der Waals surface area contributed by atoms with E-state index in [1.165, 1.54) is 0 Å². The van der Waals surface area contributed by atoms with Gasteiger partial charge in [-0.15, -0.1) is 0 Å². The largest absolute Gasteiger partial charge is 0.550 e. The van der Waals surface area contributed by atoms with Gasteiger partial charge >= 0.3 is 5.97 Å². The molecule has 20 heavy (non-hydrogen) atoms. The summed E-state index contributed by atoms with van der Waals surface area (Å²) in [5, 5.41) is 10.7. The van der Waals surface area contributed by atoms with Gasteiger partial charge in [-0.2, -0.15) is 0 Å². The average Bonchev–Trinajstić information content (AvgIpc) is 2.38. The molecular formula is C14H22BrO5-. The maximum absolute atomic E-state index is 12.2. The van der Waals surface area contributed by atoms with E-state index in [2.05, 4.69) is 15.9 Å². The molecule has 0 aliphatic rings. The lowest BCUT2D eigenvalue weighted by Gasteiger charge is -2.30. The molecule has 116 valence electrons. The van der Waals surface area contributed by atoms with Crippen LogP contribution >= 0.6 is 15.9 Å². The number of carboxylic acid groups (broad SMARTS) is 1. The number of carbonyl (C=O) groups is 3. The number of ether oxygens (including phenoxy) is 1. The Hall–Kier alpha value is -0.910. The molecule has 0 aromatic rings. The minimum atomic E-state index is -1.39. The number of ketones is 1. The highest BCUT2D eigenvalue weighted by Gasteiger charge is 2.45. The minimum absolute atomic E-state index is 0.00302. The number of alkyl halides is 1. The monoisotopic (exact) mass is 349 g/mol. The molecule has 0 aromatic heterocycles. The Balaban J connectivity index is 5.31. The Morgan fingerprint density at radius 3 is 2.25 bits per heavy atom. The van der Waals surface area contributed by atoms with Crippen LogP contribution in [0.1, 0.15) is 46.5 Å². The quantitative estimate of drug-likeness (QED) is 0.338. The zero-order chi connectivity index (χ0) is 15.8. The minimum Gasteiger partial charge on any atom is -0.550 e. The van der Waals surface area contributed by atoms with E-state index in [1.54, 1.807) is 6.92 Å². The molecule has 0 N–H and O–H groups in total. The molecule has 0 radical (unpaired) electrons. The second kappa shape index (κ2) is 9.10. The standard InChI is InChI=1S/C14H23BrO5/c1-4-20-13(19)14(11(16)9-15,7-5-10(2)3)8-6-12(17)18/h10H,4-9H2,1-3H3,(H,17,18)/p-1/t14-/m0/s1. The molecule has 0 fully saturated rings. The van der Waals surface area contributed by atoms with Crippen molar-refractivity contribution < 1.29 is 24.2 Å². The molecule has 0 spiro atoms. The normalized spacial score (nSPS) is 13.8. The maximum atomic E-state index is 12.2. The second-order valence-corrected chi connectivity index (χ2v) is 5.72. The summed E-state index contributed by atoms with van der Waals surface area (Å²) in [6.45, 7) is 5.77. The first-order valence-electron chi connectivity index (χ1n) is 6.76. The van der Waals surface area contributed by atoms with Crippen molar-refractivity contribution in [3.63, 3.8) is 0 Å². The highest BCUT2D eigenvalue weighted by Crippen LogP contribution is 2.35. The van der Waals surface area contributed by atoms with Crippen LogP contribution in [-0.2, 0) is 19.1 Å². The molecule has 0 aliphatic carbocycles. The van der Waals surface area contributed by atoms with Crippen LogP contribution in [0.15, 0.2) is 0 Å². The van der Waals surface area contributed by atoms with Gasteiger partial charge in [0.25, 0.3) is 0 Å². The van der Waals surface area contributed by atoms with E-state index in [-0.39, 0.29) is 30.6 Å². The van der Waals surface area contributed by atoms with Crippen LogP contribution in [0.2, 0.25) is 0 Å². The Kier molecular flexibility index (Phi) is 8.69. The smallest absolute Gasteiger partial charge is 0.319 e. The van der Waals surface area contributed by atoms with E-state index < -0.39 is 17.4 Å². The van der Waals surface area contributed by atoms with Gasteiger partial charge < -0.3 is 14.6 Å². The third kappa shape index (κ3) is 5.61. The summed E-state index contributed by atoms with van der Waals surface area (Å²) >= 11 is 3.06. The summed E-state index contributed by atoms with van der Waals surface area (Å²) in [6.07, 6.45) is 0.521. The van der Waals surface area contributed by atoms with E-state index in [9.17, 15) is 19.5 Å². The van der Waals surface area contributed by atoms with Gasteiger partial charge in [0, 0.05) is 5.97 Å². The SMILES string of the molecule is CCOC(=O)[C@](CCC(=O)[O-])(CCC(C)C)C(=O)CBr. The number of hydrogen-bond acceptors (Lipinski definition) is 5. The van der Waals surface area contributed by atoms with Crippen molar-refractivity contribution in [3.05, 3.63) is 0 Å². The second-order valence-electron chi connectivity index (χ2n) is 5.16. The molecule has 0 bridgehead atoms. The molecule has 0 aliphatic heterocycles. The van der Waals surface area contributed by atoms with Crippen LogP contribution in [0.3, 0.4) is 0 Å². The van der Waals surface area contributed by atoms with Crippen LogP contribution in [-0.4, -0.2) is 29.7 Å². The molecule has 0 saturated carbocycles. The molecular weight excluding hydrogens is 328 g/mol. The summed E-state index contributed by atoms with van der Waals surface area (Å²) in [5.74, 6) is -1.94. The highest BCUT2D eigenvalue weighted by molar-refractivity contribution is 9.09. The molecule has 0 amide bonds. The summed E-state index contributed by atoms with van der Waals surface area (Å²) in [4.78, 5) is 35.1. The Morgan fingerprint density at radius 1 is 1.25 bits per heavy atom. The van der Waals surface area contributed by atoms with Gasteiger partial charge in [0.05, 0.1) is 11.9 Å². The summed E-state index contributed by atoms with van der Waals surface area (Å²) in [5.41, 5.74) is -1.39. The highest BCUT2D eigenvalue weighted by atomic mass is 79.9. The topological polar surface area (TPSA) is 83.5 Å². The zero-order valence-electron chi connectivity index (χ0n) is 12.2. The lowest BCUT2D eigenvalue weighted by molar-refractivity contribution is -0.306. The lowest BCUT2D eigenvalue weighted by atomic mass is 9.74. The van der Waals surface area contributed by atoms with Crippen LogP contribution in [0.5, 0.6) is 0 Å². The molecule has 1 atom stereocenters. The summed E-state index contributed by atoms with van der Waals surface area (Å²) in [7, 11) is 0. The van der Waals surface area contributed by atoms with Gasteiger partial charge in [0.15, 0.2) is 5.78 Å². The molecule has 0 aromatic carbocycles. The predicted octanol–water partition coefficient (Wildman–Crippen LogP) is 1.47. The van der Waals surface area contributed by atoms with Crippen LogP contribution in [0, 0.1) is 11.3 Å². The number of carboxylic acids is 1. The third-order valence-electron chi connectivity index (χ3n) is 3.23. The number of carbonyl (C=O) groups excluding carboxylic acids is 3. The van der Waals surface area contributed by atoms with Gasteiger partial charge in [-0.05, 0) is 38.5 Å². The van der Waals surface area contributed by atoms with Gasteiger partial charge in [0.1, 0.15) is 5.41 Å². The first-order valence-corrected chi connectivity index (χ1v) is 7.88. The van der Waals surface area contributed by atoms with Crippen molar-refractivity contribution in [2.45, 2.75) is 46.5 Å². The van der Waals surface area contributed by atoms with Crippen molar-refractivity contribution in [3.8, 4) is 0 Å². The van der Waals surface area contributed by atoms with E-state index in [1.807, 2.05) is 13.8 Å². The lowest BCUT2D eigenvalue weighted by Crippen LogP contribution is -2.43. The maximum Gasteiger partial charge on any atom is 0.319 e. The Labute approximate surface area is 128 Å². The number of Topliss-reactive ketones (excluding diaryl/α,β-unsaturated/α-hetero) is 1. The molecule has 0 unspecified atom stereocenters. The van der Waals surface area contributed by atoms with Gasteiger partial charge in [-0.1, -0.05) is 29.8 Å². The van der Waals surface area contributed by atoms with E-state index >= 15 is 0 Å². The number of halogens is 1. The van der Waals surface area contributed by atoms with Crippen molar-refractivity contribution in [2.75, 3.05) is 11.9 Å². The molecule has 6 heteroatoms. The van der Waals surface area contributed by atoms with Crippen LogP contribution in [0.4, 0.5) is 0 Å².